The maximum atomic E-state index is 11.9. The van der Waals surface area contributed by atoms with Crippen LogP contribution in [0.25, 0.3) is 22.2 Å². The standard InChI is InChI=1S/C19H20N4O3/c1-12(24)23-7-8-26-11-17(23)18-20-10-16(21-18)14-9-13-5-3-4-6-15(13)22-19(14)25-2/h3-6,9-10,17H,7-8,11H2,1-2H3,(H,20,21). The first-order valence-corrected chi connectivity index (χ1v) is 8.51. The van der Waals surface area contributed by atoms with Gasteiger partial charge < -0.3 is 19.4 Å². The molecule has 1 amide bonds. The number of carbonyl (C=O) groups excluding carboxylic acids is 1. The van der Waals surface area contributed by atoms with Crippen LogP contribution in [0.1, 0.15) is 18.8 Å². The highest BCUT2D eigenvalue weighted by Gasteiger charge is 2.29. The fourth-order valence-corrected chi connectivity index (χ4v) is 3.30. The summed E-state index contributed by atoms with van der Waals surface area (Å²) >= 11 is 0. The van der Waals surface area contributed by atoms with E-state index in [0.717, 1.165) is 22.2 Å². The second-order valence-electron chi connectivity index (χ2n) is 6.22. The molecule has 3 heterocycles. The number of pyridine rings is 1. The number of imidazole rings is 1. The van der Waals surface area contributed by atoms with E-state index < -0.39 is 0 Å². The lowest BCUT2D eigenvalue weighted by molar-refractivity contribution is -0.138. The molecule has 0 saturated carbocycles. The molecule has 134 valence electrons. The smallest absolute Gasteiger partial charge is 0.223 e. The topological polar surface area (TPSA) is 80.3 Å². The highest BCUT2D eigenvalue weighted by molar-refractivity contribution is 5.85. The van der Waals surface area contributed by atoms with Gasteiger partial charge in [0.15, 0.2) is 0 Å². The van der Waals surface area contributed by atoms with Crippen LogP contribution < -0.4 is 4.74 Å². The molecule has 26 heavy (non-hydrogen) atoms. The third-order valence-electron chi connectivity index (χ3n) is 4.62. The van der Waals surface area contributed by atoms with Crippen LogP contribution in [0.2, 0.25) is 0 Å². The zero-order valence-corrected chi connectivity index (χ0v) is 14.7. The van der Waals surface area contributed by atoms with Crippen molar-refractivity contribution in [2.45, 2.75) is 13.0 Å². The summed E-state index contributed by atoms with van der Waals surface area (Å²) in [6.45, 7) is 3.11. The maximum absolute atomic E-state index is 11.9. The summed E-state index contributed by atoms with van der Waals surface area (Å²) in [5, 5.41) is 1.02. The second-order valence-corrected chi connectivity index (χ2v) is 6.22. The number of hydrogen-bond donors (Lipinski definition) is 1. The van der Waals surface area contributed by atoms with Gasteiger partial charge in [0, 0.05) is 18.9 Å². The molecule has 1 aliphatic rings. The van der Waals surface area contributed by atoms with Crippen LogP contribution in [0.4, 0.5) is 0 Å². The summed E-state index contributed by atoms with van der Waals surface area (Å²) in [4.78, 5) is 26.1. The van der Waals surface area contributed by atoms with Gasteiger partial charge in [-0.1, -0.05) is 18.2 Å². The molecule has 1 aliphatic heterocycles. The molecule has 4 rings (SSSR count). The number of fused-ring (bicyclic) bond motifs is 1. The molecule has 0 aliphatic carbocycles. The molecule has 1 aromatic carbocycles. The summed E-state index contributed by atoms with van der Waals surface area (Å²) < 4.78 is 11.0. The molecule has 7 nitrogen and oxygen atoms in total. The average molecular weight is 352 g/mol. The number of ether oxygens (including phenoxy) is 2. The molecular weight excluding hydrogens is 332 g/mol. The number of benzene rings is 1. The molecule has 1 unspecified atom stereocenters. The molecule has 1 fully saturated rings. The molecule has 1 N–H and O–H groups in total. The van der Waals surface area contributed by atoms with Gasteiger partial charge in [-0.25, -0.2) is 9.97 Å². The number of carbonyl (C=O) groups is 1. The first-order valence-electron chi connectivity index (χ1n) is 8.51. The molecule has 1 saturated heterocycles. The van der Waals surface area contributed by atoms with Crippen molar-refractivity contribution >= 4 is 16.8 Å². The van der Waals surface area contributed by atoms with Crippen molar-refractivity contribution < 1.29 is 14.3 Å². The number of morpholine rings is 1. The van der Waals surface area contributed by atoms with Crippen molar-refractivity contribution in [3.63, 3.8) is 0 Å². The number of nitrogens with one attached hydrogen (secondary N) is 1. The lowest BCUT2D eigenvalue weighted by Crippen LogP contribution is -2.42. The Kier molecular flexibility index (Phi) is 4.30. The summed E-state index contributed by atoms with van der Waals surface area (Å²) in [5.74, 6) is 1.24. The molecule has 0 radical (unpaired) electrons. The Bertz CT molecular complexity index is 953. The fourth-order valence-electron chi connectivity index (χ4n) is 3.30. The predicted octanol–water partition coefficient (Wildman–Crippen LogP) is 2.55. The van der Waals surface area contributed by atoms with E-state index in [1.165, 1.54) is 0 Å². The van der Waals surface area contributed by atoms with E-state index in [-0.39, 0.29) is 11.9 Å². The van der Waals surface area contributed by atoms with Gasteiger partial charge >= 0.3 is 0 Å². The molecule has 2 aromatic heterocycles. The Morgan fingerprint density at radius 2 is 2.23 bits per heavy atom. The van der Waals surface area contributed by atoms with Crippen LogP contribution in [-0.4, -0.2) is 52.6 Å². The minimum absolute atomic E-state index is 0.0150. The van der Waals surface area contributed by atoms with Crippen molar-refractivity contribution in [3.05, 3.63) is 42.4 Å². The van der Waals surface area contributed by atoms with E-state index in [1.54, 1.807) is 25.1 Å². The molecule has 0 spiro atoms. The quantitative estimate of drug-likeness (QED) is 0.783. The number of methoxy groups -OCH3 is 1. The number of H-pyrrole nitrogens is 1. The second kappa shape index (κ2) is 6.76. The van der Waals surface area contributed by atoms with Crippen molar-refractivity contribution in [1.29, 1.82) is 0 Å². The van der Waals surface area contributed by atoms with Crippen LogP contribution in [0.5, 0.6) is 5.88 Å². The third kappa shape index (κ3) is 2.90. The zero-order chi connectivity index (χ0) is 18.1. The Hall–Kier alpha value is -2.93. The average Bonchev–Trinajstić information content (AvgIpc) is 3.16. The largest absolute Gasteiger partial charge is 0.480 e. The summed E-state index contributed by atoms with van der Waals surface area (Å²) in [6.07, 6.45) is 1.75. The van der Waals surface area contributed by atoms with E-state index in [9.17, 15) is 4.79 Å². The van der Waals surface area contributed by atoms with Crippen LogP contribution in [0.15, 0.2) is 36.5 Å². The SMILES string of the molecule is COc1nc2ccccc2cc1-c1cnc(C2COCCN2C(C)=O)[nH]1. The van der Waals surface area contributed by atoms with Crippen LogP contribution in [0, 0.1) is 0 Å². The lowest BCUT2D eigenvalue weighted by atomic mass is 10.1. The summed E-state index contributed by atoms with van der Waals surface area (Å²) in [7, 11) is 1.60. The number of hydrogen-bond acceptors (Lipinski definition) is 5. The number of aromatic amines is 1. The van der Waals surface area contributed by atoms with E-state index in [4.69, 9.17) is 9.47 Å². The Morgan fingerprint density at radius 1 is 1.38 bits per heavy atom. The molecule has 3 aromatic rings. The zero-order valence-electron chi connectivity index (χ0n) is 14.7. The van der Waals surface area contributed by atoms with E-state index in [0.29, 0.717) is 31.5 Å². The highest BCUT2D eigenvalue weighted by Crippen LogP contribution is 2.32. The van der Waals surface area contributed by atoms with Gasteiger partial charge in [0.2, 0.25) is 11.8 Å². The molecule has 7 heteroatoms. The molecule has 1 atom stereocenters. The normalized spacial score (nSPS) is 17.5. The van der Waals surface area contributed by atoms with E-state index in [2.05, 4.69) is 15.0 Å². The fraction of sp³-hybridized carbons (Fsp3) is 0.316. The van der Waals surface area contributed by atoms with Gasteiger partial charge in [-0.2, -0.15) is 0 Å². The van der Waals surface area contributed by atoms with Gasteiger partial charge in [-0.05, 0) is 12.1 Å². The minimum atomic E-state index is -0.214. The number of amides is 1. The van der Waals surface area contributed by atoms with Crippen molar-refractivity contribution in [2.75, 3.05) is 26.9 Å². The van der Waals surface area contributed by atoms with Gasteiger partial charge in [0.1, 0.15) is 11.9 Å². The molecular formula is C19H20N4O3. The van der Waals surface area contributed by atoms with Gasteiger partial charge in [0.05, 0.1) is 43.3 Å². The predicted molar refractivity (Wildman–Crippen MR) is 96.8 cm³/mol. The van der Waals surface area contributed by atoms with Crippen molar-refractivity contribution in [2.24, 2.45) is 0 Å². The number of aromatic nitrogens is 3. The lowest BCUT2D eigenvalue weighted by Gasteiger charge is -2.33. The highest BCUT2D eigenvalue weighted by atomic mass is 16.5. The summed E-state index contributed by atoms with van der Waals surface area (Å²) in [5.41, 5.74) is 2.50. The maximum Gasteiger partial charge on any atom is 0.223 e. The Balaban J connectivity index is 1.74. The van der Waals surface area contributed by atoms with E-state index >= 15 is 0 Å². The van der Waals surface area contributed by atoms with Crippen molar-refractivity contribution in [3.8, 4) is 17.1 Å². The molecule has 0 bridgehead atoms. The first kappa shape index (κ1) is 16.5. The van der Waals surface area contributed by atoms with Gasteiger partial charge in [-0.3, -0.25) is 4.79 Å². The number of para-hydroxylation sites is 1. The summed E-state index contributed by atoms with van der Waals surface area (Å²) in [6, 6.07) is 9.69. The Morgan fingerprint density at radius 3 is 3.04 bits per heavy atom. The Labute approximate surface area is 151 Å². The number of rotatable bonds is 3. The van der Waals surface area contributed by atoms with Crippen LogP contribution >= 0.6 is 0 Å². The van der Waals surface area contributed by atoms with Gasteiger partial charge in [0.25, 0.3) is 0 Å². The third-order valence-corrected chi connectivity index (χ3v) is 4.62. The first-order chi connectivity index (χ1) is 12.7. The minimum Gasteiger partial charge on any atom is -0.480 e. The van der Waals surface area contributed by atoms with E-state index in [1.807, 2.05) is 30.3 Å². The van der Waals surface area contributed by atoms with Gasteiger partial charge in [-0.15, -0.1) is 0 Å². The van der Waals surface area contributed by atoms with Crippen molar-refractivity contribution in [1.82, 2.24) is 19.9 Å². The van der Waals surface area contributed by atoms with Crippen LogP contribution in [0.3, 0.4) is 0 Å². The monoisotopic (exact) mass is 352 g/mol. The number of nitrogens with zero attached hydrogens (tertiary/aromatic N) is 3. The van der Waals surface area contributed by atoms with Crippen LogP contribution in [-0.2, 0) is 9.53 Å².